The van der Waals surface area contributed by atoms with Crippen molar-refractivity contribution in [2.24, 2.45) is 0 Å². The van der Waals surface area contributed by atoms with Crippen molar-refractivity contribution in [3.05, 3.63) is 53.6 Å². The minimum atomic E-state index is -0.0213. The molecule has 0 saturated heterocycles. The van der Waals surface area contributed by atoms with Crippen LogP contribution in [0.1, 0.15) is 15.9 Å². The topological polar surface area (TPSA) is 44.8 Å². The maximum atomic E-state index is 10.8. The van der Waals surface area contributed by atoms with Crippen LogP contribution in [0.4, 0.5) is 0 Å². The van der Waals surface area contributed by atoms with Crippen molar-refractivity contribution in [1.82, 2.24) is 0 Å². The summed E-state index contributed by atoms with van der Waals surface area (Å²) in [7, 11) is 1.57. The van der Waals surface area contributed by atoms with Crippen molar-refractivity contribution in [2.75, 3.05) is 13.7 Å². The first-order chi connectivity index (χ1) is 10.3. The lowest BCUT2D eigenvalue weighted by molar-refractivity contribution is 0.112. The number of ether oxygens (including phenoxy) is 3. The summed E-state index contributed by atoms with van der Waals surface area (Å²) in [5.41, 5.74) is 1.75. The Morgan fingerprint density at radius 1 is 1.24 bits per heavy atom. The molecule has 4 heteroatoms. The summed E-state index contributed by atoms with van der Waals surface area (Å²) in [4.78, 5) is 10.8. The quantitative estimate of drug-likeness (QED) is 0.792. The first-order valence-electron chi connectivity index (χ1n) is 6.80. The zero-order valence-corrected chi connectivity index (χ0v) is 11.7. The predicted octanol–water partition coefficient (Wildman–Crippen LogP) is 2.89. The molecular formula is C17H16O4. The fraction of sp³-hybridized carbons (Fsp3) is 0.235. The number of carbonyl (C=O) groups excluding carboxylic acids is 1. The van der Waals surface area contributed by atoms with Crippen molar-refractivity contribution in [3.8, 4) is 17.2 Å². The number of rotatable bonds is 5. The molecule has 2 aromatic carbocycles. The van der Waals surface area contributed by atoms with Crippen molar-refractivity contribution in [2.45, 2.75) is 12.5 Å². The molecule has 0 radical (unpaired) electrons. The van der Waals surface area contributed by atoms with Crippen LogP contribution in [0.5, 0.6) is 17.2 Å². The van der Waals surface area contributed by atoms with Crippen LogP contribution in [0.15, 0.2) is 42.5 Å². The number of methoxy groups -OCH3 is 1. The van der Waals surface area contributed by atoms with E-state index in [0.29, 0.717) is 23.7 Å². The third-order valence-electron chi connectivity index (χ3n) is 3.46. The predicted molar refractivity (Wildman–Crippen MR) is 78.4 cm³/mol. The number of para-hydroxylation sites is 1. The van der Waals surface area contributed by atoms with Crippen molar-refractivity contribution in [3.63, 3.8) is 0 Å². The highest BCUT2D eigenvalue weighted by Gasteiger charge is 2.23. The molecule has 4 nitrogen and oxygen atoms in total. The normalized spacial score (nSPS) is 16.0. The number of hydrogen-bond acceptors (Lipinski definition) is 4. The third kappa shape index (κ3) is 2.84. The van der Waals surface area contributed by atoms with E-state index < -0.39 is 0 Å². The standard InChI is InChI=1S/C17H16O4/c1-19-16-7-6-12(10-18)8-17(16)20-11-14-9-13-4-2-3-5-15(13)21-14/h2-8,10,14H,9,11H2,1H3. The number of benzene rings is 2. The second kappa shape index (κ2) is 5.87. The van der Waals surface area contributed by atoms with E-state index in [-0.39, 0.29) is 6.10 Å². The molecule has 1 heterocycles. The molecule has 21 heavy (non-hydrogen) atoms. The smallest absolute Gasteiger partial charge is 0.162 e. The first-order valence-corrected chi connectivity index (χ1v) is 6.80. The summed E-state index contributed by atoms with van der Waals surface area (Å²) in [6, 6.07) is 13.1. The van der Waals surface area contributed by atoms with E-state index in [0.717, 1.165) is 18.5 Å². The van der Waals surface area contributed by atoms with Crippen LogP contribution in [-0.4, -0.2) is 26.1 Å². The molecule has 108 valence electrons. The highest BCUT2D eigenvalue weighted by molar-refractivity contribution is 5.76. The molecule has 1 unspecified atom stereocenters. The van der Waals surface area contributed by atoms with Crippen LogP contribution in [0.25, 0.3) is 0 Å². The third-order valence-corrected chi connectivity index (χ3v) is 3.46. The molecule has 0 aromatic heterocycles. The van der Waals surface area contributed by atoms with E-state index in [4.69, 9.17) is 14.2 Å². The Morgan fingerprint density at radius 3 is 2.86 bits per heavy atom. The van der Waals surface area contributed by atoms with E-state index in [1.165, 1.54) is 5.56 Å². The second-order valence-electron chi connectivity index (χ2n) is 4.89. The monoisotopic (exact) mass is 284 g/mol. The molecule has 1 aliphatic rings. The molecule has 1 aliphatic heterocycles. The maximum Gasteiger partial charge on any atom is 0.162 e. The van der Waals surface area contributed by atoms with Gasteiger partial charge in [-0.25, -0.2) is 0 Å². The van der Waals surface area contributed by atoms with Gasteiger partial charge in [0.05, 0.1) is 7.11 Å². The van der Waals surface area contributed by atoms with Crippen LogP contribution in [0, 0.1) is 0 Å². The van der Waals surface area contributed by atoms with Gasteiger partial charge in [-0.05, 0) is 29.8 Å². The SMILES string of the molecule is COc1ccc(C=O)cc1OCC1Cc2ccccc2O1. The Bertz CT molecular complexity index is 626. The summed E-state index contributed by atoms with van der Waals surface area (Å²) < 4.78 is 16.8. The van der Waals surface area contributed by atoms with Gasteiger partial charge >= 0.3 is 0 Å². The van der Waals surface area contributed by atoms with Gasteiger partial charge in [0.2, 0.25) is 0 Å². The average molecular weight is 284 g/mol. The minimum Gasteiger partial charge on any atom is -0.493 e. The molecule has 1 atom stereocenters. The molecule has 0 N–H and O–H groups in total. The number of aldehydes is 1. The lowest BCUT2D eigenvalue weighted by Gasteiger charge is -2.14. The van der Waals surface area contributed by atoms with Crippen molar-refractivity contribution >= 4 is 6.29 Å². The molecule has 0 amide bonds. The van der Waals surface area contributed by atoms with Gasteiger partial charge in [-0.15, -0.1) is 0 Å². The zero-order chi connectivity index (χ0) is 14.7. The van der Waals surface area contributed by atoms with Gasteiger partial charge in [-0.2, -0.15) is 0 Å². The highest BCUT2D eigenvalue weighted by atomic mass is 16.5. The van der Waals surface area contributed by atoms with Crippen LogP contribution < -0.4 is 14.2 Å². The highest BCUT2D eigenvalue weighted by Crippen LogP contribution is 2.31. The van der Waals surface area contributed by atoms with Crippen LogP contribution in [0.3, 0.4) is 0 Å². The Morgan fingerprint density at radius 2 is 2.10 bits per heavy atom. The number of fused-ring (bicyclic) bond motifs is 1. The lowest BCUT2D eigenvalue weighted by atomic mass is 10.1. The summed E-state index contributed by atoms with van der Waals surface area (Å²) in [5.74, 6) is 2.08. The van der Waals surface area contributed by atoms with E-state index in [1.807, 2.05) is 18.2 Å². The van der Waals surface area contributed by atoms with Crippen molar-refractivity contribution in [1.29, 1.82) is 0 Å². The molecule has 0 bridgehead atoms. The fourth-order valence-electron chi connectivity index (χ4n) is 2.41. The molecule has 0 spiro atoms. The van der Waals surface area contributed by atoms with E-state index in [9.17, 15) is 4.79 Å². The maximum absolute atomic E-state index is 10.8. The minimum absolute atomic E-state index is 0.0213. The van der Waals surface area contributed by atoms with Crippen LogP contribution >= 0.6 is 0 Å². The summed E-state index contributed by atoms with van der Waals surface area (Å²) in [6.07, 6.45) is 1.59. The van der Waals surface area contributed by atoms with Gasteiger partial charge in [-0.1, -0.05) is 18.2 Å². The van der Waals surface area contributed by atoms with Crippen LogP contribution in [-0.2, 0) is 6.42 Å². The Balaban J connectivity index is 1.67. The number of carbonyl (C=O) groups is 1. The van der Waals surface area contributed by atoms with Gasteiger partial charge in [0.25, 0.3) is 0 Å². The summed E-state index contributed by atoms with van der Waals surface area (Å²) in [6.45, 7) is 0.410. The average Bonchev–Trinajstić information content (AvgIpc) is 2.95. The van der Waals surface area contributed by atoms with Crippen LogP contribution in [0.2, 0.25) is 0 Å². The largest absolute Gasteiger partial charge is 0.493 e. The lowest BCUT2D eigenvalue weighted by Crippen LogP contribution is -2.22. The van der Waals surface area contributed by atoms with Gasteiger partial charge in [-0.3, -0.25) is 4.79 Å². The summed E-state index contributed by atoms with van der Waals surface area (Å²) >= 11 is 0. The molecule has 3 rings (SSSR count). The van der Waals surface area contributed by atoms with Gasteiger partial charge in [0.15, 0.2) is 11.5 Å². The first kappa shape index (κ1) is 13.5. The van der Waals surface area contributed by atoms with E-state index >= 15 is 0 Å². The second-order valence-corrected chi connectivity index (χ2v) is 4.89. The summed E-state index contributed by atoms with van der Waals surface area (Å²) in [5, 5.41) is 0. The van der Waals surface area contributed by atoms with E-state index in [2.05, 4.69) is 6.07 Å². The molecule has 0 saturated carbocycles. The number of hydrogen-bond donors (Lipinski definition) is 0. The Labute approximate surface area is 123 Å². The fourth-order valence-corrected chi connectivity index (χ4v) is 2.41. The zero-order valence-electron chi connectivity index (χ0n) is 11.7. The molecule has 0 fully saturated rings. The van der Waals surface area contributed by atoms with E-state index in [1.54, 1.807) is 25.3 Å². The Hall–Kier alpha value is -2.49. The molecule has 0 aliphatic carbocycles. The molecule has 2 aromatic rings. The van der Waals surface area contributed by atoms with Gasteiger partial charge in [0, 0.05) is 12.0 Å². The van der Waals surface area contributed by atoms with Crippen molar-refractivity contribution < 1.29 is 19.0 Å². The van der Waals surface area contributed by atoms with Gasteiger partial charge < -0.3 is 14.2 Å². The molecular weight excluding hydrogens is 268 g/mol. The Kier molecular flexibility index (Phi) is 3.77. The van der Waals surface area contributed by atoms with Gasteiger partial charge in [0.1, 0.15) is 24.7 Å².